The summed E-state index contributed by atoms with van der Waals surface area (Å²) in [5.41, 5.74) is -0.151. The first-order chi connectivity index (χ1) is 9.80. The van der Waals surface area contributed by atoms with Gasteiger partial charge < -0.3 is 9.47 Å². The molecule has 1 aromatic rings. The molecule has 1 rings (SSSR count). The van der Waals surface area contributed by atoms with Crippen molar-refractivity contribution in [3.05, 3.63) is 29.8 Å². The van der Waals surface area contributed by atoms with Gasteiger partial charge in [0.05, 0.1) is 6.61 Å². The average molecular weight is 292 g/mol. The number of esters is 1. The second-order valence-corrected chi connectivity index (χ2v) is 5.75. The molecule has 0 radical (unpaired) electrons. The fourth-order valence-corrected chi connectivity index (χ4v) is 1.84. The van der Waals surface area contributed by atoms with Crippen molar-refractivity contribution >= 4 is 11.8 Å². The summed E-state index contributed by atoms with van der Waals surface area (Å²) in [6, 6.07) is 7.61. The summed E-state index contributed by atoms with van der Waals surface area (Å²) in [7, 11) is 0. The van der Waals surface area contributed by atoms with Crippen molar-refractivity contribution < 1.29 is 19.1 Å². The number of carbonyl (C=O) groups is 2. The molecular formula is C17H24O4. The molecule has 4 nitrogen and oxygen atoms in total. The largest absolute Gasteiger partial charge is 0.486 e. The molecule has 0 amide bonds. The van der Waals surface area contributed by atoms with Gasteiger partial charge in [0.2, 0.25) is 0 Å². The van der Waals surface area contributed by atoms with E-state index < -0.39 is 11.4 Å². The number of ketones is 1. The van der Waals surface area contributed by atoms with E-state index in [4.69, 9.17) is 9.47 Å². The van der Waals surface area contributed by atoms with E-state index in [1.54, 1.807) is 20.8 Å². The molecule has 116 valence electrons. The van der Waals surface area contributed by atoms with Crippen molar-refractivity contribution in [2.24, 2.45) is 5.41 Å². The maximum atomic E-state index is 12.2. The van der Waals surface area contributed by atoms with Crippen molar-refractivity contribution in [1.29, 1.82) is 0 Å². The summed E-state index contributed by atoms with van der Waals surface area (Å²) < 4.78 is 10.5. The van der Waals surface area contributed by atoms with E-state index in [0.29, 0.717) is 11.7 Å². The quantitative estimate of drug-likeness (QED) is 0.571. The molecule has 0 aliphatic heterocycles. The molecule has 1 aromatic carbocycles. The van der Waals surface area contributed by atoms with Crippen LogP contribution < -0.4 is 4.74 Å². The number of ether oxygens (including phenoxy) is 2. The Morgan fingerprint density at radius 1 is 1.19 bits per heavy atom. The van der Waals surface area contributed by atoms with Crippen LogP contribution in [0, 0.1) is 5.41 Å². The van der Waals surface area contributed by atoms with E-state index in [0.717, 1.165) is 5.56 Å². The van der Waals surface area contributed by atoms with Crippen molar-refractivity contribution in [2.75, 3.05) is 13.2 Å². The van der Waals surface area contributed by atoms with Crippen LogP contribution in [0.15, 0.2) is 24.3 Å². The molecule has 0 saturated heterocycles. The van der Waals surface area contributed by atoms with Crippen LogP contribution >= 0.6 is 0 Å². The highest BCUT2D eigenvalue weighted by Gasteiger charge is 2.37. The van der Waals surface area contributed by atoms with E-state index in [1.165, 1.54) is 0 Å². The molecule has 21 heavy (non-hydrogen) atoms. The minimum atomic E-state index is -1.19. The third-order valence-electron chi connectivity index (χ3n) is 3.38. The molecule has 0 aromatic heterocycles. The summed E-state index contributed by atoms with van der Waals surface area (Å²) in [5.74, 6) is 0.171. The molecule has 0 heterocycles. The third kappa shape index (κ3) is 4.31. The molecule has 0 saturated carbocycles. The molecule has 0 aliphatic carbocycles. The monoisotopic (exact) mass is 292 g/mol. The molecular weight excluding hydrogens is 268 g/mol. The van der Waals surface area contributed by atoms with E-state index in [1.807, 2.05) is 24.3 Å². The Labute approximate surface area is 126 Å². The molecule has 0 N–H and O–H groups in total. The molecule has 0 aliphatic rings. The Kier molecular flexibility index (Phi) is 5.94. The van der Waals surface area contributed by atoms with Crippen LogP contribution in [0.5, 0.6) is 5.75 Å². The Balaban J connectivity index is 2.75. The maximum Gasteiger partial charge on any atom is 0.319 e. The lowest BCUT2D eigenvalue weighted by atomic mass is 9.88. The minimum Gasteiger partial charge on any atom is -0.486 e. The van der Waals surface area contributed by atoms with Gasteiger partial charge in [-0.25, -0.2) is 0 Å². The average Bonchev–Trinajstić information content (AvgIpc) is 2.45. The number of rotatable bonds is 7. The van der Waals surface area contributed by atoms with Gasteiger partial charge in [-0.2, -0.15) is 0 Å². The van der Waals surface area contributed by atoms with Gasteiger partial charge in [0, 0.05) is 0 Å². The lowest BCUT2D eigenvalue weighted by Gasteiger charge is -2.21. The molecule has 4 heteroatoms. The number of benzene rings is 1. The second kappa shape index (κ2) is 7.25. The van der Waals surface area contributed by atoms with Gasteiger partial charge in [0.15, 0.2) is 5.78 Å². The minimum absolute atomic E-state index is 0.143. The zero-order valence-corrected chi connectivity index (χ0v) is 13.4. The van der Waals surface area contributed by atoms with Crippen molar-refractivity contribution in [3.8, 4) is 5.75 Å². The molecule has 0 atom stereocenters. The number of para-hydroxylation sites is 1. The molecule has 0 bridgehead atoms. The third-order valence-corrected chi connectivity index (χ3v) is 3.38. The van der Waals surface area contributed by atoms with Crippen molar-refractivity contribution in [1.82, 2.24) is 0 Å². The highest BCUT2D eigenvalue weighted by molar-refractivity contribution is 6.03. The first-order valence-electron chi connectivity index (χ1n) is 7.23. The topological polar surface area (TPSA) is 52.6 Å². The Hall–Kier alpha value is -1.84. The van der Waals surface area contributed by atoms with Gasteiger partial charge in [-0.3, -0.25) is 9.59 Å². The fourth-order valence-electron chi connectivity index (χ4n) is 1.84. The van der Waals surface area contributed by atoms with Crippen molar-refractivity contribution in [3.63, 3.8) is 0 Å². The van der Waals surface area contributed by atoms with Gasteiger partial charge in [-0.1, -0.05) is 32.0 Å². The first-order valence-corrected chi connectivity index (χ1v) is 7.23. The van der Waals surface area contributed by atoms with Crippen LogP contribution in [0.3, 0.4) is 0 Å². The maximum absolute atomic E-state index is 12.2. The molecule has 0 unspecified atom stereocenters. The lowest BCUT2D eigenvalue weighted by molar-refractivity contribution is -0.158. The van der Waals surface area contributed by atoms with Crippen LogP contribution in [0.2, 0.25) is 0 Å². The predicted molar refractivity (Wildman–Crippen MR) is 81.4 cm³/mol. The van der Waals surface area contributed by atoms with Gasteiger partial charge >= 0.3 is 5.97 Å². The summed E-state index contributed by atoms with van der Waals surface area (Å²) in [6.45, 7) is 9.07. The number of hydrogen-bond acceptors (Lipinski definition) is 4. The van der Waals surface area contributed by atoms with Crippen LogP contribution in [-0.4, -0.2) is 25.0 Å². The fraction of sp³-hybridized carbons (Fsp3) is 0.529. The smallest absolute Gasteiger partial charge is 0.319 e. The normalized spacial score (nSPS) is 11.3. The van der Waals surface area contributed by atoms with Gasteiger partial charge in [0.1, 0.15) is 17.8 Å². The summed E-state index contributed by atoms with van der Waals surface area (Å²) >= 11 is 0. The SMILES string of the molecule is CCOC(=O)C(C)(C)C(=O)COc1ccccc1C(C)C. The zero-order chi connectivity index (χ0) is 16.0. The molecule has 0 spiro atoms. The summed E-state index contributed by atoms with van der Waals surface area (Å²) in [5, 5.41) is 0. The lowest BCUT2D eigenvalue weighted by Crippen LogP contribution is -2.38. The summed E-state index contributed by atoms with van der Waals surface area (Å²) in [6.07, 6.45) is 0. The Morgan fingerprint density at radius 2 is 1.81 bits per heavy atom. The predicted octanol–water partition coefficient (Wildman–Crippen LogP) is 3.35. The first kappa shape index (κ1) is 17.2. The van der Waals surface area contributed by atoms with Gasteiger partial charge in [-0.05, 0) is 38.3 Å². The van der Waals surface area contributed by atoms with Gasteiger partial charge in [-0.15, -0.1) is 0 Å². The van der Waals surface area contributed by atoms with Gasteiger partial charge in [0.25, 0.3) is 0 Å². The van der Waals surface area contributed by atoms with Crippen LogP contribution in [0.25, 0.3) is 0 Å². The Morgan fingerprint density at radius 3 is 2.38 bits per heavy atom. The van der Waals surface area contributed by atoms with Crippen molar-refractivity contribution in [2.45, 2.75) is 40.5 Å². The van der Waals surface area contributed by atoms with E-state index in [-0.39, 0.29) is 19.0 Å². The highest BCUT2D eigenvalue weighted by Crippen LogP contribution is 2.27. The van der Waals surface area contributed by atoms with E-state index in [2.05, 4.69) is 13.8 Å². The number of hydrogen-bond donors (Lipinski definition) is 0. The second-order valence-electron chi connectivity index (χ2n) is 5.75. The standard InChI is InChI=1S/C17H24O4/c1-6-20-16(19)17(4,5)15(18)11-21-14-10-8-7-9-13(14)12(2)3/h7-10,12H,6,11H2,1-5H3. The zero-order valence-electron chi connectivity index (χ0n) is 13.4. The number of carbonyl (C=O) groups excluding carboxylic acids is 2. The van der Waals surface area contributed by atoms with E-state index in [9.17, 15) is 9.59 Å². The number of Topliss-reactive ketones (excluding diaryl/α,β-unsaturated/α-hetero) is 1. The van der Waals surface area contributed by atoms with E-state index >= 15 is 0 Å². The van der Waals surface area contributed by atoms with Crippen LogP contribution in [0.1, 0.15) is 46.1 Å². The van der Waals surface area contributed by atoms with Crippen LogP contribution in [-0.2, 0) is 14.3 Å². The Bertz CT molecular complexity index is 503. The summed E-state index contributed by atoms with van der Waals surface area (Å²) in [4.78, 5) is 24.0. The molecule has 0 fully saturated rings. The highest BCUT2D eigenvalue weighted by atomic mass is 16.5. The van der Waals surface area contributed by atoms with Crippen LogP contribution in [0.4, 0.5) is 0 Å².